The van der Waals surface area contributed by atoms with Crippen molar-refractivity contribution < 1.29 is 0 Å². The van der Waals surface area contributed by atoms with Gasteiger partial charge in [-0.3, -0.25) is 0 Å². The van der Waals surface area contributed by atoms with Gasteiger partial charge in [-0.15, -0.1) is 0 Å². The van der Waals surface area contributed by atoms with Crippen molar-refractivity contribution in [2.75, 3.05) is 4.43 Å². The maximum atomic E-state index is 2.49. The standard InChI is InChI=1S/C11H13I/c1-8-5-11(7-12)10-4-2-3-9(8)6-10/h2-4,6,8,11H,5,7H2,1H3. The second-order valence-electron chi connectivity index (χ2n) is 3.66. The van der Waals surface area contributed by atoms with Crippen LogP contribution in [-0.2, 0) is 0 Å². The Balaban J connectivity index is 2.41. The minimum atomic E-state index is 0.762. The summed E-state index contributed by atoms with van der Waals surface area (Å²) in [5.41, 5.74) is 3.06. The zero-order valence-corrected chi connectivity index (χ0v) is 9.41. The van der Waals surface area contributed by atoms with Crippen LogP contribution in [0.3, 0.4) is 0 Å². The molecule has 64 valence electrons. The van der Waals surface area contributed by atoms with E-state index in [0.717, 1.165) is 11.8 Å². The van der Waals surface area contributed by atoms with E-state index in [0.29, 0.717) is 0 Å². The molecule has 1 heteroatoms. The molecule has 2 rings (SSSR count). The second-order valence-corrected chi connectivity index (χ2v) is 4.54. The first-order valence-electron chi connectivity index (χ1n) is 4.47. The van der Waals surface area contributed by atoms with E-state index >= 15 is 0 Å². The van der Waals surface area contributed by atoms with E-state index in [9.17, 15) is 0 Å². The maximum absolute atomic E-state index is 2.49. The first kappa shape index (κ1) is 8.54. The number of benzene rings is 1. The molecule has 0 fully saturated rings. The highest BCUT2D eigenvalue weighted by Gasteiger charge is 2.20. The molecule has 0 N–H and O–H groups in total. The fourth-order valence-electron chi connectivity index (χ4n) is 1.97. The first-order valence-corrected chi connectivity index (χ1v) is 5.99. The Kier molecular flexibility index (Phi) is 2.40. The van der Waals surface area contributed by atoms with Gasteiger partial charge >= 0.3 is 0 Å². The minimum Gasteiger partial charge on any atom is -0.0857 e. The lowest BCUT2D eigenvalue weighted by Crippen LogP contribution is -2.11. The van der Waals surface area contributed by atoms with E-state index in [4.69, 9.17) is 0 Å². The summed E-state index contributed by atoms with van der Waals surface area (Å²) >= 11 is 2.49. The van der Waals surface area contributed by atoms with Crippen molar-refractivity contribution in [3.05, 3.63) is 35.4 Å². The Labute approximate surface area is 87.5 Å². The SMILES string of the molecule is CC1CC(CI)c2cccc1c2. The zero-order valence-electron chi connectivity index (χ0n) is 7.26. The highest BCUT2D eigenvalue weighted by molar-refractivity contribution is 14.1. The lowest BCUT2D eigenvalue weighted by Gasteiger charge is -2.26. The van der Waals surface area contributed by atoms with Gasteiger partial charge in [0.25, 0.3) is 0 Å². The number of alkyl halides is 1. The summed E-state index contributed by atoms with van der Waals surface area (Å²) < 4.78 is 1.26. The normalized spacial score (nSPS) is 27.2. The molecule has 2 bridgehead atoms. The van der Waals surface area contributed by atoms with Gasteiger partial charge in [-0.25, -0.2) is 0 Å². The summed E-state index contributed by atoms with van der Waals surface area (Å²) in [4.78, 5) is 0. The van der Waals surface area contributed by atoms with Crippen molar-refractivity contribution in [2.45, 2.75) is 25.2 Å². The zero-order chi connectivity index (χ0) is 8.55. The van der Waals surface area contributed by atoms with Crippen LogP contribution in [0, 0.1) is 0 Å². The summed E-state index contributed by atoms with van der Waals surface area (Å²) in [6.07, 6.45) is 1.34. The number of fused-ring (bicyclic) bond motifs is 2. The summed E-state index contributed by atoms with van der Waals surface area (Å²) in [7, 11) is 0. The molecule has 1 aliphatic carbocycles. The van der Waals surface area contributed by atoms with Gasteiger partial charge in [0.1, 0.15) is 0 Å². The van der Waals surface area contributed by atoms with E-state index in [1.165, 1.54) is 16.4 Å². The van der Waals surface area contributed by atoms with Gasteiger partial charge in [0, 0.05) is 4.43 Å². The third-order valence-corrected chi connectivity index (χ3v) is 3.84. The largest absolute Gasteiger partial charge is 0.0857 e. The molecule has 2 atom stereocenters. The van der Waals surface area contributed by atoms with Crippen LogP contribution in [0.2, 0.25) is 0 Å². The van der Waals surface area contributed by atoms with Crippen molar-refractivity contribution in [1.82, 2.24) is 0 Å². The molecule has 0 heterocycles. The highest BCUT2D eigenvalue weighted by atomic mass is 127. The predicted octanol–water partition coefficient (Wildman–Crippen LogP) is 3.71. The number of rotatable bonds is 1. The smallest absolute Gasteiger partial charge is 0.00644 e. The van der Waals surface area contributed by atoms with Crippen molar-refractivity contribution in [3.8, 4) is 0 Å². The van der Waals surface area contributed by atoms with Crippen LogP contribution < -0.4 is 0 Å². The van der Waals surface area contributed by atoms with Crippen LogP contribution in [0.15, 0.2) is 24.3 Å². The van der Waals surface area contributed by atoms with E-state index in [-0.39, 0.29) is 0 Å². The first-order chi connectivity index (χ1) is 5.81. The van der Waals surface area contributed by atoms with Gasteiger partial charge < -0.3 is 0 Å². The molecule has 0 nitrogen and oxygen atoms in total. The quantitative estimate of drug-likeness (QED) is 0.540. The van der Waals surface area contributed by atoms with Crippen LogP contribution in [0.4, 0.5) is 0 Å². The molecule has 1 aromatic rings. The van der Waals surface area contributed by atoms with Crippen LogP contribution in [-0.4, -0.2) is 4.43 Å². The van der Waals surface area contributed by atoms with Crippen molar-refractivity contribution in [1.29, 1.82) is 0 Å². The van der Waals surface area contributed by atoms with Crippen LogP contribution >= 0.6 is 22.6 Å². The molecule has 2 unspecified atom stereocenters. The molecule has 0 spiro atoms. The summed E-state index contributed by atoms with van der Waals surface area (Å²) in [5.74, 6) is 1.56. The van der Waals surface area contributed by atoms with E-state index in [1.54, 1.807) is 5.56 Å². The van der Waals surface area contributed by atoms with Gasteiger partial charge in [-0.2, -0.15) is 0 Å². The summed E-state index contributed by atoms with van der Waals surface area (Å²) in [5, 5.41) is 0. The van der Waals surface area contributed by atoms with E-state index in [1.807, 2.05) is 0 Å². The fourth-order valence-corrected chi connectivity index (χ4v) is 2.84. The number of hydrogen-bond acceptors (Lipinski definition) is 0. The van der Waals surface area contributed by atoms with Crippen molar-refractivity contribution in [2.24, 2.45) is 0 Å². The van der Waals surface area contributed by atoms with Gasteiger partial charge in [-0.1, -0.05) is 53.8 Å². The van der Waals surface area contributed by atoms with Gasteiger partial charge in [0.2, 0.25) is 0 Å². The van der Waals surface area contributed by atoms with Gasteiger partial charge in [0.05, 0.1) is 0 Å². The second kappa shape index (κ2) is 3.36. The summed E-state index contributed by atoms with van der Waals surface area (Å²) in [6.45, 7) is 2.33. The Morgan fingerprint density at radius 3 is 2.92 bits per heavy atom. The topological polar surface area (TPSA) is 0 Å². The highest BCUT2D eigenvalue weighted by Crippen LogP contribution is 2.36. The third-order valence-electron chi connectivity index (χ3n) is 2.78. The molecule has 1 aromatic carbocycles. The lowest BCUT2D eigenvalue weighted by molar-refractivity contribution is 0.581. The number of halogens is 1. The number of hydrogen-bond donors (Lipinski definition) is 0. The molecular formula is C11H13I. The maximum Gasteiger partial charge on any atom is 0.00644 e. The molecule has 0 aliphatic heterocycles. The Morgan fingerprint density at radius 2 is 2.17 bits per heavy atom. The molecule has 0 aromatic heterocycles. The minimum absolute atomic E-state index is 0.762. The molecule has 0 saturated carbocycles. The predicted molar refractivity (Wildman–Crippen MR) is 61.1 cm³/mol. The van der Waals surface area contributed by atoms with Gasteiger partial charge in [-0.05, 0) is 29.4 Å². The Morgan fingerprint density at radius 1 is 1.42 bits per heavy atom. The van der Waals surface area contributed by atoms with Gasteiger partial charge in [0.15, 0.2) is 0 Å². The van der Waals surface area contributed by atoms with E-state index < -0.39 is 0 Å². The van der Waals surface area contributed by atoms with E-state index in [2.05, 4.69) is 53.8 Å². The molecule has 0 amide bonds. The Bertz CT molecular complexity index is 280. The average Bonchev–Trinajstić information content (AvgIpc) is 2.12. The molecular weight excluding hydrogens is 259 g/mol. The third kappa shape index (κ3) is 1.39. The summed E-state index contributed by atoms with van der Waals surface area (Å²) in [6, 6.07) is 9.08. The van der Waals surface area contributed by atoms with Crippen molar-refractivity contribution >= 4 is 22.6 Å². The monoisotopic (exact) mass is 272 g/mol. The average molecular weight is 272 g/mol. The molecule has 0 saturated heterocycles. The van der Waals surface area contributed by atoms with Crippen LogP contribution in [0.1, 0.15) is 36.3 Å². The molecule has 12 heavy (non-hydrogen) atoms. The Hall–Kier alpha value is -0.0500. The molecule has 1 aliphatic rings. The van der Waals surface area contributed by atoms with Crippen molar-refractivity contribution in [3.63, 3.8) is 0 Å². The van der Waals surface area contributed by atoms with Crippen LogP contribution in [0.5, 0.6) is 0 Å². The lowest BCUT2D eigenvalue weighted by atomic mass is 9.81. The fraction of sp³-hybridized carbons (Fsp3) is 0.455. The molecule has 0 radical (unpaired) electrons. The van der Waals surface area contributed by atoms with Crippen LogP contribution in [0.25, 0.3) is 0 Å².